The zero-order chi connectivity index (χ0) is 15.9. The molecular formula is C16H17F2NO3. The van der Waals surface area contributed by atoms with Crippen molar-refractivity contribution in [2.24, 2.45) is 11.8 Å². The van der Waals surface area contributed by atoms with E-state index in [1.165, 1.54) is 17.0 Å². The number of hydrogen-bond donors (Lipinski definition) is 1. The van der Waals surface area contributed by atoms with E-state index in [1.54, 1.807) is 0 Å². The molecule has 1 saturated carbocycles. The van der Waals surface area contributed by atoms with Crippen LogP contribution in [0.3, 0.4) is 0 Å². The van der Waals surface area contributed by atoms with Crippen molar-refractivity contribution in [3.8, 4) is 0 Å². The van der Waals surface area contributed by atoms with Gasteiger partial charge in [-0.25, -0.2) is 13.6 Å². The van der Waals surface area contributed by atoms with E-state index in [-0.39, 0.29) is 23.8 Å². The number of hydrogen-bond acceptors (Lipinski definition) is 2. The second kappa shape index (κ2) is 5.66. The van der Waals surface area contributed by atoms with Gasteiger partial charge in [0.2, 0.25) is 5.91 Å². The van der Waals surface area contributed by atoms with E-state index in [2.05, 4.69) is 0 Å². The number of carbonyl (C=O) groups is 2. The van der Waals surface area contributed by atoms with Crippen molar-refractivity contribution >= 4 is 11.9 Å². The van der Waals surface area contributed by atoms with E-state index in [4.69, 9.17) is 0 Å². The van der Waals surface area contributed by atoms with Gasteiger partial charge in [0.25, 0.3) is 0 Å². The maximum atomic E-state index is 13.7. The molecule has 4 nitrogen and oxygen atoms in total. The highest BCUT2D eigenvalue weighted by Crippen LogP contribution is 2.42. The summed E-state index contributed by atoms with van der Waals surface area (Å²) >= 11 is 0. The molecule has 1 aliphatic heterocycles. The van der Waals surface area contributed by atoms with Crippen molar-refractivity contribution in [3.05, 3.63) is 35.4 Å². The molecule has 1 saturated heterocycles. The monoisotopic (exact) mass is 309 g/mol. The Morgan fingerprint density at radius 1 is 1.27 bits per heavy atom. The van der Waals surface area contributed by atoms with Gasteiger partial charge in [0.15, 0.2) is 11.6 Å². The van der Waals surface area contributed by atoms with Crippen molar-refractivity contribution < 1.29 is 23.5 Å². The van der Waals surface area contributed by atoms with Gasteiger partial charge in [-0.1, -0.05) is 18.6 Å². The number of carboxylic acids is 1. The van der Waals surface area contributed by atoms with E-state index in [0.29, 0.717) is 6.54 Å². The highest BCUT2D eigenvalue weighted by atomic mass is 19.2. The number of likely N-dealkylation sites (tertiary alicyclic amines) is 1. The van der Waals surface area contributed by atoms with Crippen LogP contribution in [0.5, 0.6) is 0 Å². The molecule has 0 spiro atoms. The first kappa shape index (κ1) is 14.9. The van der Waals surface area contributed by atoms with E-state index in [0.717, 1.165) is 25.3 Å². The van der Waals surface area contributed by atoms with E-state index in [1.807, 2.05) is 0 Å². The number of nitrogens with zero attached hydrogens (tertiary/aromatic N) is 1. The van der Waals surface area contributed by atoms with Crippen LogP contribution in [-0.2, 0) is 16.0 Å². The number of carboxylic acid groups (broad SMARTS) is 1. The molecule has 6 heteroatoms. The quantitative estimate of drug-likeness (QED) is 0.931. The number of fused-ring (bicyclic) bond motifs is 1. The van der Waals surface area contributed by atoms with Crippen LogP contribution in [0, 0.1) is 23.5 Å². The molecule has 0 aromatic heterocycles. The van der Waals surface area contributed by atoms with Crippen LogP contribution in [-0.4, -0.2) is 34.5 Å². The van der Waals surface area contributed by atoms with Crippen LogP contribution < -0.4 is 0 Å². The molecule has 22 heavy (non-hydrogen) atoms. The molecule has 1 amide bonds. The van der Waals surface area contributed by atoms with E-state index >= 15 is 0 Å². The van der Waals surface area contributed by atoms with Crippen LogP contribution >= 0.6 is 0 Å². The molecule has 3 rings (SSSR count). The third kappa shape index (κ3) is 2.46. The van der Waals surface area contributed by atoms with Crippen LogP contribution in [0.25, 0.3) is 0 Å². The van der Waals surface area contributed by atoms with Gasteiger partial charge in [0.05, 0.1) is 6.42 Å². The Kier molecular flexibility index (Phi) is 3.85. The van der Waals surface area contributed by atoms with Crippen LogP contribution in [0.4, 0.5) is 8.78 Å². The van der Waals surface area contributed by atoms with Gasteiger partial charge in [-0.3, -0.25) is 4.79 Å². The summed E-state index contributed by atoms with van der Waals surface area (Å²) in [5.41, 5.74) is -0.0359. The predicted octanol–water partition coefficient (Wildman–Crippen LogP) is 2.22. The zero-order valence-corrected chi connectivity index (χ0v) is 12.0. The molecule has 2 aliphatic rings. The molecule has 1 heterocycles. The highest BCUT2D eigenvalue weighted by molar-refractivity contribution is 5.86. The Morgan fingerprint density at radius 2 is 2.05 bits per heavy atom. The van der Waals surface area contributed by atoms with Crippen LogP contribution in [0.2, 0.25) is 0 Å². The number of halogens is 2. The lowest BCUT2D eigenvalue weighted by molar-refractivity contribution is -0.149. The number of rotatable bonds is 3. The maximum absolute atomic E-state index is 13.7. The van der Waals surface area contributed by atoms with Crippen molar-refractivity contribution in [3.63, 3.8) is 0 Å². The summed E-state index contributed by atoms with van der Waals surface area (Å²) in [5, 5.41) is 9.42. The molecule has 118 valence electrons. The SMILES string of the molecule is O=C(O)C1C2CCCC2CN1C(=O)Cc1cccc(F)c1F. The first-order valence-corrected chi connectivity index (χ1v) is 7.44. The molecule has 1 aliphatic carbocycles. The Morgan fingerprint density at radius 3 is 2.77 bits per heavy atom. The fourth-order valence-electron chi connectivity index (χ4n) is 3.83. The fraction of sp³-hybridized carbons (Fsp3) is 0.500. The van der Waals surface area contributed by atoms with Crippen molar-refractivity contribution in [1.29, 1.82) is 0 Å². The standard InChI is InChI=1S/C16H17F2NO3/c17-12-6-2-3-9(14(12)18)7-13(20)19-8-10-4-1-5-11(10)15(19)16(21)22/h2-3,6,10-11,15H,1,4-5,7-8H2,(H,21,22). The summed E-state index contributed by atoms with van der Waals surface area (Å²) in [6, 6.07) is 2.85. The second-order valence-electron chi connectivity index (χ2n) is 6.07. The van der Waals surface area contributed by atoms with Gasteiger partial charge in [-0.15, -0.1) is 0 Å². The average Bonchev–Trinajstić information content (AvgIpc) is 3.03. The summed E-state index contributed by atoms with van der Waals surface area (Å²) in [6.45, 7) is 0.400. The maximum Gasteiger partial charge on any atom is 0.326 e. The molecule has 3 unspecified atom stereocenters. The number of amides is 1. The molecule has 3 atom stereocenters. The lowest BCUT2D eigenvalue weighted by atomic mass is 9.94. The zero-order valence-electron chi connectivity index (χ0n) is 12.0. The third-order valence-electron chi connectivity index (χ3n) is 4.84. The number of aliphatic carboxylic acids is 1. The summed E-state index contributed by atoms with van der Waals surface area (Å²) in [5.74, 6) is -3.31. The van der Waals surface area contributed by atoms with Gasteiger partial charge < -0.3 is 10.0 Å². The fourth-order valence-corrected chi connectivity index (χ4v) is 3.83. The molecule has 1 aromatic carbocycles. The molecule has 0 radical (unpaired) electrons. The topological polar surface area (TPSA) is 57.6 Å². The Balaban J connectivity index is 1.79. The molecule has 1 aromatic rings. The first-order chi connectivity index (χ1) is 10.5. The van der Waals surface area contributed by atoms with Crippen LogP contribution in [0.1, 0.15) is 24.8 Å². The minimum atomic E-state index is -1.04. The molecule has 2 fully saturated rings. The van der Waals surface area contributed by atoms with E-state index in [9.17, 15) is 23.5 Å². The summed E-state index contributed by atoms with van der Waals surface area (Å²) in [4.78, 5) is 25.2. The van der Waals surface area contributed by atoms with Crippen molar-refractivity contribution in [1.82, 2.24) is 4.90 Å². The van der Waals surface area contributed by atoms with Gasteiger partial charge >= 0.3 is 5.97 Å². The first-order valence-electron chi connectivity index (χ1n) is 7.44. The third-order valence-corrected chi connectivity index (χ3v) is 4.84. The Labute approximate surface area is 126 Å². The van der Waals surface area contributed by atoms with Gasteiger partial charge in [0.1, 0.15) is 6.04 Å². The number of carbonyl (C=O) groups excluding carboxylic acids is 1. The normalized spacial score (nSPS) is 27.0. The van der Waals surface area contributed by atoms with Crippen LogP contribution in [0.15, 0.2) is 18.2 Å². The highest BCUT2D eigenvalue weighted by Gasteiger charge is 2.49. The Bertz CT molecular complexity index is 619. The summed E-state index contributed by atoms with van der Waals surface area (Å²) in [6.07, 6.45) is 2.40. The summed E-state index contributed by atoms with van der Waals surface area (Å²) in [7, 11) is 0. The lowest BCUT2D eigenvalue weighted by Crippen LogP contribution is -2.44. The van der Waals surface area contributed by atoms with Gasteiger partial charge in [-0.05, 0) is 30.7 Å². The molecule has 0 bridgehead atoms. The minimum absolute atomic E-state index is 0.0150. The van der Waals surface area contributed by atoms with Gasteiger partial charge in [0, 0.05) is 12.1 Å². The minimum Gasteiger partial charge on any atom is -0.480 e. The van der Waals surface area contributed by atoms with Crippen molar-refractivity contribution in [2.45, 2.75) is 31.7 Å². The van der Waals surface area contributed by atoms with E-state index < -0.39 is 29.6 Å². The molecular weight excluding hydrogens is 292 g/mol. The average molecular weight is 309 g/mol. The second-order valence-corrected chi connectivity index (χ2v) is 6.07. The summed E-state index contributed by atoms with van der Waals surface area (Å²) < 4.78 is 26.9. The smallest absolute Gasteiger partial charge is 0.326 e. The van der Waals surface area contributed by atoms with Crippen molar-refractivity contribution in [2.75, 3.05) is 6.54 Å². The lowest BCUT2D eigenvalue weighted by Gasteiger charge is -2.24. The van der Waals surface area contributed by atoms with Gasteiger partial charge in [-0.2, -0.15) is 0 Å². The largest absolute Gasteiger partial charge is 0.480 e. The Hall–Kier alpha value is -1.98. The predicted molar refractivity (Wildman–Crippen MR) is 74.0 cm³/mol. The number of benzene rings is 1. The molecule has 1 N–H and O–H groups in total.